The van der Waals surface area contributed by atoms with Crippen molar-refractivity contribution in [3.63, 3.8) is 0 Å². The smallest absolute Gasteiger partial charge is 0.423 e. The quantitative estimate of drug-likeness (QED) is 0.450. The first kappa shape index (κ1) is 18.2. The van der Waals surface area contributed by atoms with E-state index in [0.29, 0.717) is 17.8 Å². The molecule has 132 valence electrons. The Morgan fingerprint density at radius 2 is 2.24 bits per heavy atom. The maximum Gasteiger partial charge on any atom is 0.491 e. The molecular formula is C18H24BN3O2S. The van der Waals surface area contributed by atoms with E-state index in [-0.39, 0.29) is 0 Å². The largest absolute Gasteiger partial charge is 0.491 e. The van der Waals surface area contributed by atoms with Gasteiger partial charge in [-0.15, -0.1) is 11.8 Å². The number of aromatic nitrogens is 2. The van der Waals surface area contributed by atoms with Crippen LogP contribution in [-0.4, -0.2) is 27.4 Å². The molecule has 1 aliphatic rings. The Morgan fingerprint density at radius 3 is 3.00 bits per heavy atom. The van der Waals surface area contributed by atoms with E-state index in [2.05, 4.69) is 31.1 Å². The Labute approximate surface area is 153 Å². The van der Waals surface area contributed by atoms with Crippen molar-refractivity contribution in [3.05, 3.63) is 35.5 Å². The van der Waals surface area contributed by atoms with E-state index < -0.39 is 7.12 Å². The van der Waals surface area contributed by atoms with Crippen LogP contribution in [0.15, 0.2) is 29.4 Å². The highest BCUT2D eigenvalue weighted by molar-refractivity contribution is 7.99. The van der Waals surface area contributed by atoms with Crippen LogP contribution in [-0.2, 0) is 11.3 Å². The summed E-state index contributed by atoms with van der Waals surface area (Å²) in [5, 5.41) is 14.6. The van der Waals surface area contributed by atoms with Crippen molar-refractivity contribution in [2.24, 2.45) is 0 Å². The summed E-state index contributed by atoms with van der Waals surface area (Å²) in [6.45, 7) is 6.93. The molecule has 1 aromatic carbocycles. The van der Waals surface area contributed by atoms with Gasteiger partial charge < -0.3 is 15.0 Å². The summed E-state index contributed by atoms with van der Waals surface area (Å²) >= 11 is 1.84. The average Bonchev–Trinajstić information content (AvgIpc) is 2.98. The topological polar surface area (TPSA) is 67.3 Å². The normalized spacial score (nSPS) is 14.5. The molecule has 0 saturated heterocycles. The van der Waals surface area contributed by atoms with E-state index in [9.17, 15) is 5.02 Å². The number of nitrogens with one attached hydrogen (secondary N) is 1. The molecule has 1 aromatic heterocycles. The van der Waals surface area contributed by atoms with Crippen LogP contribution >= 0.6 is 11.8 Å². The molecule has 0 aliphatic carbocycles. The van der Waals surface area contributed by atoms with Gasteiger partial charge in [0.05, 0.1) is 6.61 Å². The van der Waals surface area contributed by atoms with Gasteiger partial charge in [-0.1, -0.05) is 26.3 Å². The number of hydrogen-bond acceptors (Lipinski definition) is 6. The maximum absolute atomic E-state index is 9.71. The number of fused-ring (bicyclic) bond motifs is 1. The lowest BCUT2D eigenvalue weighted by molar-refractivity contribution is 0.275. The minimum absolute atomic E-state index is 0.428. The van der Waals surface area contributed by atoms with Crippen LogP contribution in [0.2, 0.25) is 0 Å². The van der Waals surface area contributed by atoms with E-state index in [4.69, 9.17) is 9.64 Å². The second-order valence-electron chi connectivity index (χ2n) is 6.32. The van der Waals surface area contributed by atoms with Crippen molar-refractivity contribution in [2.45, 2.75) is 56.9 Å². The van der Waals surface area contributed by atoms with Crippen LogP contribution in [0, 0.1) is 6.92 Å². The predicted molar refractivity (Wildman–Crippen MR) is 104 cm³/mol. The summed E-state index contributed by atoms with van der Waals surface area (Å²) < 4.78 is 5.24. The Hall–Kier alpha value is -1.57. The molecule has 0 bridgehead atoms. The number of anilines is 2. The first-order chi connectivity index (χ1) is 12.1. The monoisotopic (exact) mass is 357 g/mol. The van der Waals surface area contributed by atoms with Crippen LogP contribution < -0.4 is 10.8 Å². The molecular weight excluding hydrogens is 333 g/mol. The van der Waals surface area contributed by atoms with Gasteiger partial charge in [0, 0.05) is 17.1 Å². The predicted octanol–water partition coefficient (Wildman–Crippen LogP) is 3.42. The molecule has 25 heavy (non-hydrogen) atoms. The Balaban J connectivity index is 1.76. The number of benzene rings is 1. The van der Waals surface area contributed by atoms with Crippen molar-refractivity contribution < 1.29 is 9.68 Å². The molecule has 0 saturated carbocycles. The van der Waals surface area contributed by atoms with Crippen LogP contribution in [0.5, 0.6) is 0 Å². The molecule has 1 atom stereocenters. The zero-order valence-corrected chi connectivity index (χ0v) is 15.8. The minimum atomic E-state index is -0.813. The lowest BCUT2D eigenvalue weighted by Gasteiger charge is -2.15. The van der Waals surface area contributed by atoms with Crippen LogP contribution in [0.1, 0.15) is 44.2 Å². The third-order valence-electron chi connectivity index (χ3n) is 4.33. The van der Waals surface area contributed by atoms with E-state index in [1.165, 1.54) is 12.8 Å². The molecule has 1 unspecified atom stereocenters. The number of aryl methyl sites for hydroxylation is 1. The molecule has 0 radical (unpaired) electrons. The summed E-state index contributed by atoms with van der Waals surface area (Å²) in [6.07, 6.45) is 5.39. The molecule has 2 heterocycles. The molecule has 5 nitrogen and oxygen atoms in total. The molecule has 1 aliphatic heterocycles. The van der Waals surface area contributed by atoms with E-state index in [1.54, 1.807) is 0 Å². The first-order valence-corrected chi connectivity index (χ1v) is 9.68. The fourth-order valence-electron chi connectivity index (χ4n) is 2.87. The molecule has 0 fully saturated rings. The molecule has 2 aromatic rings. The average molecular weight is 357 g/mol. The van der Waals surface area contributed by atoms with Gasteiger partial charge in [0.15, 0.2) is 0 Å². The first-order valence-electron chi connectivity index (χ1n) is 8.80. The van der Waals surface area contributed by atoms with Gasteiger partial charge in [-0.05, 0) is 48.5 Å². The van der Waals surface area contributed by atoms with Crippen LogP contribution in [0.4, 0.5) is 11.6 Å². The van der Waals surface area contributed by atoms with E-state index >= 15 is 0 Å². The van der Waals surface area contributed by atoms with Gasteiger partial charge in [0.2, 0.25) is 5.95 Å². The highest BCUT2D eigenvalue weighted by atomic mass is 32.2. The Bertz CT molecular complexity index is 744. The Morgan fingerprint density at radius 1 is 1.40 bits per heavy atom. The fraction of sp³-hybridized carbons (Fsp3) is 0.444. The highest BCUT2D eigenvalue weighted by Gasteiger charge is 2.27. The van der Waals surface area contributed by atoms with Gasteiger partial charge in [-0.3, -0.25) is 0 Å². The number of hydrogen-bond donors (Lipinski definition) is 2. The molecule has 2 N–H and O–H groups in total. The van der Waals surface area contributed by atoms with Gasteiger partial charge >= 0.3 is 7.12 Å². The standard InChI is InChI=1S/C18H24BN3O2S/c1-4-6-15(5-2)25-17-12(3)10-20-18(22-17)21-14-7-8-16-13(9-14)11-24-19(16)23/h7-10,15,23H,4-6,11H2,1-3H3,(H,20,21,22). The highest BCUT2D eigenvalue weighted by Crippen LogP contribution is 2.30. The zero-order valence-electron chi connectivity index (χ0n) is 15.0. The zero-order chi connectivity index (χ0) is 17.8. The fourth-order valence-corrected chi connectivity index (χ4v) is 4.08. The van der Waals surface area contributed by atoms with Crippen LogP contribution in [0.3, 0.4) is 0 Å². The summed E-state index contributed by atoms with van der Waals surface area (Å²) in [5.74, 6) is 0.596. The van der Waals surface area contributed by atoms with Crippen molar-refractivity contribution in [1.29, 1.82) is 0 Å². The molecule has 0 spiro atoms. The SMILES string of the molecule is CCCC(CC)Sc1nc(Nc2ccc3c(c2)COB3O)ncc1C. The number of thioether (sulfide) groups is 1. The van der Waals surface area contributed by atoms with E-state index in [0.717, 1.165) is 33.7 Å². The summed E-state index contributed by atoms with van der Waals surface area (Å²) in [5.41, 5.74) is 3.83. The number of nitrogens with zero attached hydrogens (tertiary/aromatic N) is 2. The van der Waals surface area contributed by atoms with Crippen molar-refractivity contribution in [1.82, 2.24) is 9.97 Å². The van der Waals surface area contributed by atoms with Crippen molar-refractivity contribution >= 4 is 36.0 Å². The van der Waals surface area contributed by atoms with Crippen LogP contribution in [0.25, 0.3) is 0 Å². The van der Waals surface area contributed by atoms with Gasteiger partial charge in [0.1, 0.15) is 5.03 Å². The van der Waals surface area contributed by atoms with Gasteiger partial charge in [-0.2, -0.15) is 0 Å². The second-order valence-corrected chi connectivity index (χ2v) is 7.61. The van der Waals surface area contributed by atoms with Gasteiger partial charge in [0.25, 0.3) is 0 Å². The summed E-state index contributed by atoms with van der Waals surface area (Å²) in [4.78, 5) is 9.11. The number of rotatable bonds is 7. The third-order valence-corrected chi connectivity index (χ3v) is 5.87. The molecule has 7 heteroatoms. The summed E-state index contributed by atoms with van der Waals surface area (Å²) in [7, 11) is -0.813. The van der Waals surface area contributed by atoms with Crippen molar-refractivity contribution in [3.8, 4) is 0 Å². The minimum Gasteiger partial charge on any atom is -0.423 e. The lowest BCUT2D eigenvalue weighted by atomic mass is 9.79. The van der Waals surface area contributed by atoms with Gasteiger partial charge in [-0.25, -0.2) is 9.97 Å². The maximum atomic E-state index is 9.71. The van der Waals surface area contributed by atoms with E-state index in [1.807, 2.05) is 36.2 Å². The second kappa shape index (κ2) is 8.21. The molecule has 0 amide bonds. The molecule has 3 rings (SSSR count). The Kier molecular flexibility index (Phi) is 5.99. The lowest BCUT2D eigenvalue weighted by Crippen LogP contribution is -2.27. The summed E-state index contributed by atoms with van der Waals surface area (Å²) in [6, 6.07) is 5.78. The third kappa shape index (κ3) is 4.34. The van der Waals surface area contributed by atoms with Crippen molar-refractivity contribution in [2.75, 3.05) is 5.32 Å².